The number of rotatable bonds is 5. The molecule has 0 saturated carbocycles. The van der Waals surface area contributed by atoms with Crippen molar-refractivity contribution in [2.45, 2.75) is 12.3 Å². The van der Waals surface area contributed by atoms with Crippen molar-refractivity contribution in [2.24, 2.45) is 0 Å². The van der Waals surface area contributed by atoms with Gasteiger partial charge in [-0.05, 0) is 47.9 Å². The fourth-order valence-electron chi connectivity index (χ4n) is 2.63. The Bertz CT molecular complexity index is 782. The molecule has 3 heteroatoms. The monoisotopic (exact) mass is 304 g/mol. The standard InChI is InChI=1S/C20H17FN2/c1-2-15(20-5-3-4-11-23-20)13-17-10-12-22-14-19(17)16-6-8-18(21)9-7-16/h2-12,14-15H,1,13H2. The topological polar surface area (TPSA) is 25.8 Å². The number of allylic oxidation sites excluding steroid dienone is 1. The molecule has 3 aromatic rings. The summed E-state index contributed by atoms with van der Waals surface area (Å²) >= 11 is 0. The van der Waals surface area contributed by atoms with Gasteiger partial charge in [0.15, 0.2) is 0 Å². The lowest BCUT2D eigenvalue weighted by atomic mass is 9.91. The van der Waals surface area contributed by atoms with Gasteiger partial charge in [0.2, 0.25) is 0 Å². The summed E-state index contributed by atoms with van der Waals surface area (Å²) in [6, 6.07) is 14.4. The van der Waals surface area contributed by atoms with Gasteiger partial charge in [0.1, 0.15) is 5.82 Å². The summed E-state index contributed by atoms with van der Waals surface area (Å²) < 4.78 is 13.2. The van der Waals surface area contributed by atoms with Crippen LogP contribution in [-0.2, 0) is 6.42 Å². The van der Waals surface area contributed by atoms with E-state index in [1.165, 1.54) is 12.1 Å². The number of pyridine rings is 2. The number of hydrogen-bond acceptors (Lipinski definition) is 2. The van der Waals surface area contributed by atoms with Crippen molar-refractivity contribution in [3.63, 3.8) is 0 Å². The first kappa shape index (κ1) is 15.1. The molecule has 2 nitrogen and oxygen atoms in total. The van der Waals surface area contributed by atoms with Gasteiger partial charge in [0.05, 0.1) is 0 Å². The zero-order valence-electron chi connectivity index (χ0n) is 12.7. The summed E-state index contributed by atoms with van der Waals surface area (Å²) in [7, 11) is 0. The minimum Gasteiger partial charge on any atom is -0.264 e. The highest BCUT2D eigenvalue weighted by molar-refractivity contribution is 5.66. The first-order valence-electron chi connectivity index (χ1n) is 7.50. The maximum atomic E-state index is 13.2. The predicted molar refractivity (Wildman–Crippen MR) is 90.5 cm³/mol. The van der Waals surface area contributed by atoms with E-state index in [2.05, 4.69) is 16.5 Å². The molecule has 0 amide bonds. The molecule has 0 fully saturated rings. The Balaban J connectivity index is 1.94. The Morgan fingerprint density at radius 3 is 2.57 bits per heavy atom. The second-order valence-corrected chi connectivity index (χ2v) is 5.34. The average Bonchev–Trinajstić information content (AvgIpc) is 2.61. The molecule has 114 valence electrons. The van der Waals surface area contributed by atoms with Crippen LogP contribution in [0.3, 0.4) is 0 Å². The molecule has 0 spiro atoms. The minimum atomic E-state index is -0.239. The fourth-order valence-corrected chi connectivity index (χ4v) is 2.63. The van der Waals surface area contributed by atoms with Crippen molar-refractivity contribution >= 4 is 0 Å². The molecule has 23 heavy (non-hydrogen) atoms. The van der Waals surface area contributed by atoms with Gasteiger partial charge in [0.25, 0.3) is 0 Å². The van der Waals surface area contributed by atoms with Gasteiger partial charge in [-0.25, -0.2) is 4.39 Å². The molecule has 0 bridgehead atoms. The van der Waals surface area contributed by atoms with E-state index in [-0.39, 0.29) is 11.7 Å². The van der Waals surface area contributed by atoms with Gasteiger partial charge >= 0.3 is 0 Å². The summed E-state index contributed by atoms with van der Waals surface area (Å²) in [5.41, 5.74) is 4.10. The van der Waals surface area contributed by atoms with Crippen LogP contribution < -0.4 is 0 Å². The van der Waals surface area contributed by atoms with Crippen LogP contribution in [0.4, 0.5) is 4.39 Å². The van der Waals surface area contributed by atoms with Crippen LogP contribution in [0.1, 0.15) is 17.2 Å². The van der Waals surface area contributed by atoms with Crippen LogP contribution in [0.2, 0.25) is 0 Å². The Kier molecular flexibility index (Phi) is 4.57. The Morgan fingerprint density at radius 1 is 1.04 bits per heavy atom. The van der Waals surface area contributed by atoms with Crippen LogP contribution >= 0.6 is 0 Å². The largest absolute Gasteiger partial charge is 0.264 e. The Labute approximate surface area is 135 Å². The van der Waals surface area contributed by atoms with Crippen molar-refractivity contribution in [3.8, 4) is 11.1 Å². The highest BCUT2D eigenvalue weighted by Crippen LogP contribution is 2.28. The van der Waals surface area contributed by atoms with Gasteiger partial charge in [-0.3, -0.25) is 9.97 Å². The van der Waals surface area contributed by atoms with Gasteiger partial charge in [0, 0.05) is 35.8 Å². The molecule has 1 aromatic carbocycles. The van der Waals surface area contributed by atoms with E-state index < -0.39 is 0 Å². The average molecular weight is 304 g/mol. The van der Waals surface area contributed by atoms with Crippen molar-refractivity contribution in [3.05, 3.63) is 96.9 Å². The number of halogens is 1. The lowest BCUT2D eigenvalue weighted by Crippen LogP contribution is -2.03. The summed E-state index contributed by atoms with van der Waals surface area (Å²) in [5.74, 6) is -0.116. The first-order valence-corrected chi connectivity index (χ1v) is 7.50. The molecule has 0 aliphatic rings. The third kappa shape index (κ3) is 3.51. The lowest BCUT2D eigenvalue weighted by Gasteiger charge is -2.15. The molecular formula is C20H17FN2. The van der Waals surface area contributed by atoms with Crippen LogP contribution in [0.15, 0.2) is 79.8 Å². The highest BCUT2D eigenvalue weighted by atomic mass is 19.1. The van der Waals surface area contributed by atoms with E-state index in [1.807, 2.05) is 36.5 Å². The molecule has 0 aliphatic heterocycles. The molecule has 0 aliphatic carbocycles. The van der Waals surface area contributed by atoms with Crippen molar-refractivity contribution in [2.75, 3.05) is 0 Å². The highest BCUT2D eigenvalue weighted by Gasteiger charge is 2.13. The lowest BCUT2D eigenvalue weighted by molar-refractivity contribution is 0.628. The van der Waals surface area contributed by atoms with E-state index in [4.69, 9.17) is 0 Å². The van der Waals surface area contributed by atoms with Crippen LogP contribution in [0.5, 0.6) is 0 Å². The van der Waals surface area contributed by atoms with Crippen LogP contribution in [0.25, 0.3) is 11.1 Å². The van der Waals surface area contributed by atoms with Gasteiger partial charge < -0.3 is 0 Å². The van der Waals surface area contributed by atoms with Gasteiger partial charge in [-0.2, -0.15) is 0 Å². The number of nitrogens with zero attached hydrogens (tertiary/aromatic N) is 2. The summed E-state index contributed by atoms with van der Waals surface area (Å²) in [4.78, 5) is 8.64. The normalized spacial score (nSPS) is 11.9. The molecule has 0 N–H and O–H groups in total. The minimum absolute atomic E-state index is 0.123. The third-order valence-electron chi connectivity index (χ3n) is 3.86. The van der Waals surface area contributed by atoms with Crippen LogP contribution in [0, 0.1) is 5.82 Å². The zero-order chi connectivity index (χ0) is 16.1. The predicted octanol–water partition coefficient (Wildman–Crippen LogP) is 4.80. The van der Waals surface area contributed by atoms with Crippen molar-refractivity contribution in [1.29, 1.82) is 0 Å². The molecule has 3 rings (SSSR count). The van der Waals surface area contributed by atoms with E-state index in [0.717, 1.165) is 28.8 Å². The Morgan fingerprint density at radius 2 is 1.87 bits per heavy atom. The molecule has 0 radical (unpaired) electrons. The van der Waals surface area contributed by atoms with E-state index in [0.29, 0.717) is 0 Å². The van der Waals surface area contributed by atoms with Gasteiger partial charge in [-0.1, -0.05) is 24.3 Å². The second kappa shape index (κ2) is 6.97. The Hall–Kier alpha value is -2.81. The molecule has 2 heterocycles. The van der Waals surface area contributed by atoms with Crippen molar-refractivity contribution < 1.29 is 4.39 Å². The maximum absolute atomic E-state index is 13.2. The van der Waals surface area contributed by atoms with Crippen LogP contribution in [-0.4, -0.2) is 9.97 Å². The van der Waals surface area contributed by atoms with Crippen molar-refractivity contribution in [1.82, 2.24) is 9.97 Å². The summed E-state index contributed by atoms with van der Waals surface area (Å²) in [5, 5.41) is 0. The summed E-state index contributed by atoms with van der Waals surface area (Å²) in [6.07, 6.45) is 8.08. The first-order chi connectivity index (χ1) is 11.3. The van der Waals surface area contributed by atoms with E-state index >= 15 is 0 Å². The second-order valence-electron chi connectivity index (χ2n) is 5.34. The van der Waals surface area contributed by atoms with Gasteiger partial charge in [-0.15, -0.1) is 6.58 Å². The molecule has 1 unspecified atom stereocenters. The quantitative estimate of drug-likeness (QED) is 0.633. The number of benzene rings is 1. The molecule has 1 atom stereocenters. The SMILES string of the molecule is C=CC(Cc1ccncc1-c1ccc(F)cc1)c1ccccn1. The molecule has 2 aromatic heterocycles. The fraction of sp³-hybridized carbons (Fsp3) is 0.100. The van der Waals surface area contributed by atoms with E-state index in [9.17, 15) is 4.39 Å². The number of aromatic nitrogens is 2. The molecule has 0 saturated heterocycles. The smallest absolute Gasteiger partial charge is 0.123 e. The summed E-state index contributed by atoms with van der Waals surface area (Å²) in [6.45, 7) is 3.94. The molecular weight excluding hydrogens is 287 g/mol. The third-order valence-corrected chi connectivity index (χ3v) is 3.86. The number of hydrogen-bond donors (Lipinski definition) is 0. The maximum Gasteiger partial charge on any atom is 0.123 e. The zero-order valence-corrected chi connectivity index (χ0v) is 12.7. The van der Waals surface area contributed by atoms with E-state index in [1.54, 1.807) is 24.5 Å².